The monoisotopic (exact) mass is 387 g/mol. The molecule has 0 bridgehead atoms. The van der Waals surface area contributed by atoms with Crippen LogP contribution in [0.15, 0.2) is 41.7 Å². The van der Waals surface area contributed by atoms with Gasteiger partial charge in [-0.2, -0.15) is 18.9 Å². The van der Waals surface area contributed by atoms with E-state index < -0.39 is 10.0 Å². The van der Waals surface area contributed by atoms with E-state index in [1.54, 1.807) is 28.9 Å². The van der Waals surface area contributed by atoms with E-state index in [2.05, 4.69) is 15.1 Å². The number of hydrogen-bond acceptors (Lipinski definition) is 7. The van der Waals surface area contributed by atoms with Crippen LogP contribution in [-0.2, 0) is 10.0 Å². The number of nitrogens with zero attached hydrogens (tertiary/aromatic N) is 5. The molecule has 4 heterocycles. The van der Waals surface area contributed by atoms with Crippen molar-refractivity contribution in [3.63, 3.8) is 0 Å². The first-order valence-electron chi connectivity index (χ1n) is 8.71. The number of fused-ring (bicyclic) bond motifs is 2. The van der Waals surface area contributed by atoms with Crippen LogP contribution in [0.5, 0.6) is 11.5 Å². The van der Waals surface area contributed by atoms with Gasteiger partial charge in [-0.3, -0.25) is 0 Å². The largest absolute Gasteiger partial charge is 0.486 e. The van der Waals surface area contributed by atoms with Crippen LogP contribution in [0.3, 0.4) is 0 Å². The highest BCUT2D eigenvalue weighted by Crippen LogP contribution is 2.39. The molecule has 0 radical (unpaired) electrons. The minimum Gasteiger partial charge on any atom is -0.486 e. The highest BCUT2D eigenvalue weighted by atomic mass is 32.2. The summed E-state index contributed by atoms with van der Waals surface area (Å²) >= 11 is 0. The maximum absolute atomic E-state index is 13.3. The quantitative estimate of drug-likeness (QED) is 0.670. The van der Waals surface area contributed by atoms with E-state index in [9.17, 15) is 8.42 Å². The molecule has 2 aromatic heterocycles. The molecule has 1 unspecified atom stereocenters. The Balaban J connectivity index is 1.55. The van der Waals surface area contributed by atoms with Gasteiger partial charge in [0.15, 0.2) is 11.5 Å². The normalized spacial score (nSPS) is 20.2. The molecule has 5 rings (SSSR count). The van der Waals surface area contributed by atoms with Crippen LogP contribution < -0.4 is 9.47 Å². The molecule has 2 aliphatic heterocycles. The molecule has 1 fully saturated rings. The molecule has 10 heteroatoms. The molecule has 140 valence electrons. The second-order valence-corrected chi connectivity index (χ2v) is 8.31. The lowest BCUT2D eigenvalue weighted by Crippen LogP contribution is -2.32. The maximum Gasteiger partial charge on any atom is 0.252 e. The predicted molar refractivity (Wildman–Crippen MR) is 94.1 cm³/mol. The SMILES string of the molecule is O=S(=O)(c1ccc2c(c1)OCCO2)N1CCCC1c1ccnc2ncnn12. The molecule has 3 aromatic rings. The van der Waals surface area contributed by atoms with Crippen molar-refractivity contribution >= 4 is 15.8 Å². The van der Waals surface area contributed by atoms with Crippen molar-refractivity contribution in [3.05, 3.63) is 42.5 Å². The van der Waals surface area contributed by atoms with Gasteiger partial charge < -0.3 is 9.47 Å². The van der Waals surface area contributed by atoms with Crippen molar-refractivity contribution in [2.45, 2.75) is 23.8 Å². The average Bonchev–Trinajstić information content (AvgIpc) is 3.37. The van der Waals surface area contributed by atoms with E-state index in [1.807, 2.05) is 0 Å². The molecular formula is C17H17N5O4S. The lowest BCUT2D eigenvalue weighted by atomic mass is 10.1. The fourth-order valence-corrected chi connectivity index (χ4v) is 5.34. The molecule has 0 N–H and O–H groups in total. The zero-order valence-corrected chi connectivity index (χ0v) is 15.2. The van der Waals surface area contributed by atoms with Crippen LogP contribution in [0.1, 0.15) is 24.6 Å². The first-order valence-corrected chi connectivity index (χ1v) is 10.1. The molecule has 1 atom stereocenters. The Kier molecular flexibility index (Phi) is 3.76. The molecule has 1 saturated heterocycles. The van der Waals surface area contributed by atoms with Crippen LogP contribution in [0.25, 0.3) is 5.78 Å². The molecule has 0 aliphatic carbocycles. The number of hydrogen-bond donors (Lipinski definition) is 0. The molecule has 2 aliphatic rings. The summed E-state index contributed by atoms with van der Waals surface area (Å²) in [5.74, 6) is 1.48. The number of ether oxygens (including phenoxy) is 2. The van der Waals surface area contributed by atoms with E-state index in [0.29, 0.717) is 43.5 Å². The number of aromatic nitrogens is 4. The van der Waals surface area contributed by atoms with E-state index in [0.717, 1.165) is 12.1 Å². The third kappa shape index (κ3) is 2.63. The van der Waals surface area contributed by atoms with Gasteiger partial charge in [-0.1, -0.05) is 0 Å². The smallest absolute Gasteiger partial charge is 0.252 e. The topological polar surface area (TPSA) is 98.9 Å². The van der Waals surface area contributed by atoms with E-state index in [4.69, 9.17) is 9.47 Å². The van der Waals surface area contributed by atoms with Gasteiger partial charge in [0.05, 0.1) is 16.6 Å². The van der Waals surface area contributed by atoms with Crippen molar-refractivity contribution in [2.24, 2.45) is 0 Å². The summed E-state index contributed by atoms with van der Waals surface area (Å²) < 4.78 is 40.8. The number of sulfonamides is 1. The standard InChI is InChI=1S/C17H17N5O4S/c23-27(24,12-3-4-15-16(10-12)26-9-8-25-15)21-7-1-2-13(21)14-5-6-18-17-19-11-20-22(14)17/h3-6,10-11,13H,1-2,7-9H2. The van der Waals surface area contributed by atoms with Crippen molar-refractivity contribution in [1.29, 1.82) is 0 Å². The predicted octanol–water partition coefficient (Wildman–Crippen LogP) is 1.42. The van der Waals surface area contributed by atoms with Crippen LogP contribution >= 0.6 is 0 Å². The molecular weight excluding hydrogens is 370 g/mol. The van der Waals surface area contributed by atoms with E-state index >= 15 is 0 Å². The van der Waals surface area contributed by atoms with E-state index in [-0.39, 0.29) is 10.9 Å². The van der Waals surface area contributed by atoms with Gasteiger partial charge in [-0.05, 0) is 31.0 Å². The third-order valence-corrected chi connectivity index (χ3v) is 6.78. The summed E-state index contributed by atoms with van der Waals surface area (Å²) in [6.07, 6.45) is 4.53. The fourth-order valence-electron chi connectivity index (χ4n) is 3.65. The average molecular weight is 387 g/mol. The second-order valence-electron chi connectivity index (χ2n) is 6.42. The van der Waals surface area contributed by atoms with Crippen molar-refractivity contribution < 1.29 is 17.9 Å². The second kappa shape index (κ2) is 6.17. The van der Waals surface area contributed by atoms with Crippen LogP contribution in [0.2, 0.25) is 0 Å². The minimum absolute atomic E-state index is 0.197. The maximum atomic E-state index is 13.3. The molecule has 0 spiro atoms. The Labute approximate surface area is 155 Å². The Morgan fingerprint density at radius 1 is 1.07 bits per heavy atom. The molecule has 0 amide bonds. The summed E-state index contributed by atoms with van der Waals surface area (Å²) in [4.78, 5) is 8.44. The molecule has 0 saturated carbocycles. The first kappa shape index (κ1) is 16.5. The van der Waals surface area contributed by atoms with Gasteiger partial charge in [-0.25, -0.2) is 13.4 Å². The summed E-state index contributed by atoms with van der Waals surface area (Å²) in [7, 11) is -3.71. The van der Waals surface area contributed by atoms with Crippen LogP contribution in [0.4, 0.5) is 0 Å². The van der Waals surface area contributed by atoms with Gasteiger partial charge >= 0.3 is 0 Å². The van der Waals surface area contributed by atoms with Crippen LogP contribution in [0, 0.1) is 0 Å². The van der Waals surface area contributed by atoms with Crippen molar-refractivity contribution in [1.82, 2.24) is 23.9 Å². The third-order valence-electron chi connectivity index (χ3n) is 4.87. The van der Waals surface area contributed by atoms with Gasteiger partial charge in [0.25, 0.3) is 5.78 Å². The van der Waals surface area contributed by atoms with Crippen LogP contribution in [-0.4, -0.2) is 52.1 Å². The summed E-state index contributed by atoms with van der Waals surface area (Å²) in [6, 6.07) is 6.22. The Morgan fingerprint density at radius 2 is 1.93 bits per heavy atom. The zero-order chi connectivity index (χ0) is 18.4. The summed E-state index contributed by atoms with van der Waals surface area (Å²) in [5.41, 5.74) is 0.760. The Hall–Kier alpha value is -2.72. The minimum atomic E-state index is -3.71. The Bertz CT molecular complexity index is 1110. The Morgan fingerprint density at radius 3 is 2.81 bits per heavy atom. The number of benzene rings is 1. The first-order chi connectivity index (χ1) is 13.1. The zero-order valence-electron chi connectivity index (χ0n) is 14.4. The van der Waals surface area contributed by atoms with Crippen molar-refractivity contribution in [3.8, 4) is 11.5 Å². The highest BCUT2D eigenvalue weighted by molar-refractivity contribution is 7.89. The van der Waals surface area contributed by atoms with Gasteiger partial charge in [0, 0.05) is 18.8 Å². The molecule has 1 aromatic carbocycles. The molecule has 27 heavy (non-hydrogen) atoms. The van der Waals surface area contributed by atoms with E-state index in [1.165, 1.54) is 16.7 Å². The lowest BCUT2D eigenvalue weighted by molar-refractivity contribution is 0.171. The van der Waals surface area contributed by atoms with Gasteiger partial charge in [0.2, 0.25) is 10.0 Å². The fraction of sp³-hybridized carbons (Fsp3) is 0.353. The van der Waals surface area contributed by atoms with Gasteiger partial charge in [-0.15, -0.1) is 0 Å². The number of rotatable bonds is 3. The van der Waals surface area contributed by atoms with Gasteiger partial charge in [0.1, 0.15) is 19.5 Å². The molecule has 9 nitrogen and oxygen atoms in total. The summed E-state index contributed by atoms with van der Waals surface area (Å²) in [6.45, 7) is 1.31. The lowest BCUT2D eigenvalue weighted by Gasteiger charge is -2.25. The summed E-state index contributed by atoms with van der Waals surface area (Å²) in [5, 5.41) is 4.20. The van der Waals surface area contributed by atoms with Crippen molar-refractivity contribution in [2.75, 3.05) is 19.8 Å². The highest BCUT2D eigenvalue weighted by Gasteiger charge is 2.38.